The second kappa shape index (κ2) is 10.7. The van der Waals surface area contributed by atoms with E-state index in [0.717, 1.165) is 68.4 Å². The number of amides is 1. The molecule has 1 fully saturated rings. The lowest BCUT2D eigenvalue weighted by Crippen LogP contribution is -2.48. The van der Waals surface area contributed by atoms with Crippen LogP contribution in [0.4, 0.5) is 5.69 Å². The highest BCUT2D eigenvalue weighted by atomic mass is 16.3. The van der Waals surface area contributed by atoms with Gasteiger partial charge in [-0.1, -0.05) is 43.3 Å². The van der Waals surface area contributed by atoms with Gasteiger partial charge in [0.05, 0.1) is 28.4 Å². The number of aromatic amines is 1. The summed E-state index contributed by atoms with van der Waals surface area (Å²) in [5.41, 5.74) is 7.14. The van der Waals surface area contributed by atoms with Crippen LogP contribution < -0.4 is 5.32 Å². The number of hydrogen-bond donors (Lipinski definition) is 3. The Morgan fingerprint density at radius 2 is 1.95 bits per heavy atom. The number of benzene rings is 2. The molecule has 2 aromatic heterocycles. The van der Waals surface area contributed by atoms with Crippen molar-refractivity contribution in [3.8, 4) is 11.4 Å². The summed E-state index contributed by atoms with van der Waals surface area (Å²) in [5.74, 6) is 0.290. The first kappa shape index (κ1) is 26.5. The summed E-state index contributed by atoms with van der Waals surface area (Å²) in [6.07, 6.45) is 9.20. The summed E-state index contributed by atoms with van der Waals surface area (Å²) in [7, 11) is 0. The number of aliphatic hydroxyl groups is 1. The van der Waals surface area contributed by atoms with Crippen LogP contribution in [0.2, 0.25) is 0 Å². The van der Waals surface area contributed by atoms with Crippen molar-refractivity contribution in [1.82, 2.24) is 15.2 Å². The Labute approximate surface area is 236 Å². The number of aromatic nitrogens is 3. The smallest absolute Gasteiger partial charge is 0.255 e. The Balaban J connectivity index is 1.31. The Hall–Kier alpha value is -3.77. The van der Waals surface area contributed by atoms with Gasteiger partial charge >= 0.3 is 0 Å². The van der Waals surface area contributed by atoms with Crippen LogP contribution in [0.15, 0.2) is 72.9 Å². The van der Waals surface area contributed by atoms with Crippen molar-refractivity contribution >= 4 is 11.6 Å². The Morgan fingerprint density at radius 3 is 2.70 bits per heavy atom. The van der Waals surface area contributed by atoms with Crippen LogP contribution in [0.25, 0.3) is 11.4 Å². The van der Waals surface area contributed by atoms with Crippen LogP contribution in [0, 0.1) is 12.8 Å². The average Bonchev–Trinajstić information content (AvgIpc) is 3.47. The number of fused-ring (bicyclic) bond motifs is 3. The maximum atomic E-state index is 13.4. The van der Waals surface area contributed by atoms with Gasteiger partial charge in [0.2, 0.25) is 0 Å². The highest BCUT2D eigenvalue weighted by Crippen LogP contribution is 2.54. The van der Waals surface area contributed by atoms with Gasteiger partial charge in [-0.3, -0.25) is 9.89 Å². The van der Waals surface area contributed by atoms with E-state index in [1.165, 1.54) is 16.7 Å². The van der Waals surface area contributed by atoms with Gasteiger partial charge in [0, 0.05) is 17.2 Å². The number of hydrogen-bond acceptors (Lipinski definition) is 4. The summed E-state index contributed by atoms with van der Waals surface area (Å²) in [5, 5.41) is 21.3. The van der Waals surface area contributed by atoms with E-state index in [1.807, 2.05) is 31.2 Å². The fraction of sp³-hybridized carbons (Fsp3) is 0.382. The van der Waals surface area contributed by atoms with Crippen molar-refractivity contribution in [3.05, 3.63) is 101 Å². The molecule has 4 aromatic rings. The first-order valence-electron chi connectivity index (χ1n) is 14.6. The van der Waals surface area contributed by atoms with E-state index >= 15 is 0 Å². The molecule has 0 bridgehead atoms. The molecule has 3 N–H and O–H groups in total. The first-order valence-corrected chi connectivity index (χ1v) is 14.6. The fourth-order valence-electron chi connectivity index (χ4n) is 7.16. The average molecular weight is 535 g/mol. The largest absolute Gasteiger partial charge is 0.390 e. The number of H-pyrrole nitrogens is 1. The van der Waals surface area contributed by atoms with Crippen LogP contribution in [-0.2, 0) is 18.3 Å². The van der Waals surface area contributed by atoms with Crippen LogP contribution in [0.5, 0.6) is 0 Å². The molecule has 0 aliphatic heterocycles. The third kappa shape index (κ3) is 4.97. The van der Waals surface area contributed by atoms with E-state index in [4.69, 9.17) is 0 Å². The van der Waals surface area contributed by atoms with Gasteiger partial charge in [-0.05, 0) is 111 Å². The van der Waals surface area contributed by atoms with Gasteiger partial charge in [0.15, 0.2) is 0 Å². The molecule has 6 heteroatoms. The van der Waals surface area contributed by atoms with Crippen LogP contribution in [0.1, 0.15) is 78.2 Å². The van der Waals surface area contributed by atoms with E-state index in [2.05, 4.69) is 69.9 Å². The molecule has 1 amide bonds. The molecule has 2 heterocycles. The maximum Gasteiger partial charge on any atom is 0.255 e. The Morgan fingerprint density at radius 1 is 1.10 bits per heavy atom. The number of nitrogens with zero attached hydrogens (tertiary/aromatic N) is 2. The molecule has 2 aromatic carbocycles. The maximum absolute atomic E-state index is 13.4. The summed E-state index contributed by atoms with van der Waals surface area (Å²) >= 11 is 0. The third-order valence-electron chi connectivity index (χ3n) is 9.48. The molecule has 0 radical (unpaired) electrons. The highest BCUT2D eigenvalue weighted by molar-refractivity contribution is 6.04. The molecule has 6 rings (SSSR count). The zero-order valence-corrected chi connectivity index (χ0v) is 23.4. The highest BCUT2D eigenvalue weighted by Gasteiger charge is 2.50. The second-order valence-corrected chi connectivity index (χ2v) is 11.8. The van der Waals surface area contributed by atoms with Crippen molar-refractivity contribution in [2.24, 2.45) is 5.92 Å². The zero-order chi connectivity index (χ0) is 27.7. The SMILES string of the molecule is CC[C@@]1(O)CC[C@@]2(Cc3ccccc3)c3ccc(C(=O)Nc4ccc(-c5ccn[nH]5)nc4C)cc3CCC[C@H]2C1. The topological polar surface area (TPSA) is 90.9 Å². The molecule has 3 atom stereocenters. The van der Waals surface area contributed by atoms with Crippen molar-refractivity contribution in [3.63, 3.8) is 0 Å². The van der Waals surface area contributed by atoms with Crippen molar-refractivity contribution in [1.29, 1.82) is 0 Å². The molecule has 6 nitrogen and oxygen atoms in total. The predicted octanol–water partition coefficient (Wildman–Crippen LogP) is 6.79. The third-order valence-corrected chi connectivity index (χ3v) is 9.48. The van der Waals surface area contributed by atoms with Crippen LogP contribution >= 0.6 is 0 Å². The van der Waals surface area contributed by atoms with Gasteiger partial charge < -0.3 is 10.4 Å². The molecule has 2 aliphatic rings. The van der Waals surface area contributed by atoms with E-state index in [1.54, 1.807) is 6.20 Å². The van der Waals surface area contributed by atoms with E-state index in [0.29, 0.717) is 17.2 Å². The van der Waals surface area contributed by atoms with E-state index < -0.39 is 5.60 Å². The van der Waals surface area contributed by atoms with Gasteiger partial charge in [0.1, 0.15) is 0 Å². The molecule has 0 unspecified atom stereocenters. The van der Waals surface area contributed by atoms with Crippen LogP contribution in [0.3, 0.4) is 0 Å². The van der Waals surface area contributed by atoms with Gasteiger partial charge in [-0.15, -0.1) is 0 Å². The number of aryl methyl sites for hydroxylation is 2. The molecule has 40 heavy (non-hydrogen) atoms. The normalized spacial score (nSPS) is 24.0. The number of carbonyl (C=O) groups excluding carboxylic acids is 1. The molecule has 0 spiro atoms. The lowest BCUT2D eigenvalue weighted by molar-refractivity contribution is -0.0497. The summed E-state index contributed by atoms with van der Waals surface area (Å²) in [6.45, 7) is 4.02. The molecule has 206 valence electrons. The number of nitrogens with one attached hydrogen (secondary N) is 2. The number of carbonyl (C=O) groups is 1. The summed E-state index contributed by atoms with van der Waals surface area (Å²) in [6, 6.07) is 22.8. The van der Waals surface area contributed by atoms with Crippen molar-refractivity contribution < 1.29 is 9.90 Å². The van der Waals surface area contributed by atoms with E-state index in [9.17, 15) is 9.90 Å². The van der Waals surface area contributed by atoms with Gasteiger partial charge in [-0.2, -0.15) is 5.10 Å². The van der Waals surface area contributed by atoms with Gasteiger partial charge in [0.25, 0.3) is 5.91 Å². The minimum Gasteiger partial charge on any atom is -0.390 e. The molecule has 2 aliphatic carbocycles. The minimum absolute atomic E-state index is 0.0351. The Bertz CT molecular complexity index is 1500. The summed E-state index contributed by atoms with van der Waals surface area (Å²) in [4.78, 5) is 18.1. The molecule has 0 saturated heterocycles. The molecular formula is C34H38N4O2. The standard InChI is InChI=1S/C34H38N4O2/c1-3-33(40)17-18-34(21-24-8-5-4-6-9-24)27(22-33)11-7-10-25-20-26(12-13-28(25)34)32(39)37-29-14-15-30(36-23(29)2)31-16-19-35-38-31/h4-6,8-9,12-16,19-20,27,40H,3,7,10-11,17-18,21-22H2,1-2H3,(H,35,38)(H,37,39)/t27-,33+,34-/m0/s1. The first-order chi connectivity index (χ1) is 19.4. The van der Waals surface area contributed by atoms with Crippen molar-refractivity contribution in [2.45, 2.75) is 76.2 Å². The monoisotopic (exact) mass is 534 g/mol. The molecular weight excluding hydrogens is 496 g/mol. The lowest BCUT2D eigenvalue weighted by Gasteiger charge is -2.50. The number of anilines is 1. The quantitative estimate of drug-likeness (QED) is 0.254. The van der Waals surface area contributed by atoms with Crippen LogP contribution in [-0.4, -0.2) is 31.8 Å². The molecule has 1 saturated carbocycles. The zero-order valence-electron chi connectivity index (χ0n) is 23.4. The lowest BCUT2D eigenvalue weighted by atomic mass is 9.55. The fourth-order valence-corrected chi connectivity index (χ4v) is 7.16. The minimum atomic E-state index is -0.575. The Kier molecular flexibility index (Phi) is 7.05. The second-order valence-electron chi connectivity index (χ2n) is 11.8. The van der Waals surface area contributed by atoms with Crippen molar-refractivity contribution in [2.75, 3.05) is 5.32 Å². The number of rotatable bonds is 6. The summed E-state index contributed by atoms with van der Waals surface area (Å²) < 4.78 is 0. The van der Waals surface area contributed by atoms with E-state index in [-0.39, 0.29) is 11.3 Å². The van der Waals surface area contributed by atoms with Gasteiger partial charge in [-0.25, -0.2) is 4.98 Å². The predicted molar refractivity (Wildman–Crippen MR) is 158 cm³/mol. The number of pyridine rings is 1.